The molecule has 14 nitrogen and oxygen atoms in total. The predicted molar refractivity (Wildman–Crippen MR) is 215 cm³/mol. The van der Waals surface area contributed by atoms with Crippen LogP contribution in [0.1, 0.15) is 30.4 Å². The molecule has 1 saturated heterocycles. The van der Waals surface area contributed by atoms with E-state index in [1.807, 2.05) is 0 Å². The van der Waals surface area contributed by atoms with Crippen molar-refractivity contribution in [1.29, 1.82) is 0 Å². The Balaban J connectivity index is 0.000000208. The molecule has 0 saturated carbocycles. The number of ether oxygens (including phenoxy) is 1. The van der Waals surface area contributed by atoms with Crippen LogP contribution in [0.25, 0.3) is 5.70 Å². The SMILES string of the molecule is C=CC[P+](c1ccccc1)(c1ccccc1)c1ccccc1.CC(C)(C)OC(=O)N(C(=O)c1cncs1)c1ccn(C2=CC3CN(C2)C(=O)N3OS(=O)(=O)[O-])n1. The molecule has 2 aliphatic heterocycles. The normalized spacial score (nSPS) is 15.4. The molecule has 0 aliphatic carbocycles. The van der Waals surface area contributed by atoms with E-state index in [2.05, 4.69) is 118 Å². The number of amides is 4. The number of benzene rings is 3. The number of hydrogen-bond acceptors (Lipinski definition) is 11. The highest BCUT2D eigenvalue weighted by molar-refractivity contribution is 7.95. The average Bonchev–Trinajstić information content (AvgIpc) is 3.93. The largest absolute Gasteiger partial charge is 0.724 e. The van der Waals surface area contributed by atoms with Gasteiger partial charge in [0.1, 0.15) is 39.7 Å². The van der Waals surface area contributed by atoms with Gasteiger partial charge in [0.25, 0.3) is 5.91 Å². The molecule has 1 fully saturated rings. The minimum absolute atomic E-state index is 0.0183. The highest BCUT2D eigenvalue weighted by Crippen LogP contribution is 2.55. The summed E-state index contributed by atoms with van der Waals surface area (Å²) in [7, 11) is -6.82. The van der Waals surface area contributed by atoms with Gasteiger partial charge in [-0.3, -0.25) is 9.78 Å². The Kier molecular flexibility index (Phi) is 12.0. The average molecular weight is 815 g/mol. The van der Waals surface area contributed by atoms with E-state index < -0.39 is 47.3 Å². The van der Waals surface area contributed by atoms with Crippen LogP contribution in [-0.4, -0.2) is 86.6 Å². The first-order valence-corrected chi connectivity index (χ1v) is 21.5. The lowest BCUT2D eigenvalue weighted by atomic mass is 10.2. The third-order valence-electron chi connectivity index (χ3n) is 8.59. The number of rotatable bonds is 10. The van der Waals surface area contributed by atoms with E-state index in [1.165, 1.54) is 55.5 Å². The van der Waals surface area contributed by atoms with Gasteiger partial charge in [-0.2, -0.15) is 14.2 Å². The van der Waals surface area contributed by atoms with E-state index in [0.717, 1.165) is 22.4 Å². The summed E-state index contributed by atoms with van der Waals surface area (Å²) in [6, 6.07) is 32.4. The number of hydroxylamine groups is 2. The van der Waals surface area contributed by atoms with Gasteiger partial charge in [-0.1, -0.05) is 67.3 Å². The van der Waals surface area contributed by atoms with Crippen molar-refractivity contribution >= 4 is 74.5 Å². The summed E-state index contributed by atoms with van der Waals surface area (Å²) in [4.78, 5) is 44.3. The van der Waals surface area contributed by atoms with E-state index in [-0.39, 0.29) is 23.8 Å². The zero-order chi connectivity index (χ0) is 40.1. The van der Waals surface area contributed by atoms with Crippen LogP contribution >= 0.6 is 18.6 Å². The van der Waals surface area contributed by atoms with Crippen LogP contribution in [0.3, 0.4) is 0 Å². The van der Waals surface area contributed by atoms with Gasteiger partial charge in [0.15, 0.2) is 5.82 Å². The lowest BCUT2D eigenvalue weighted by Crippen LogP contribution is -2.41. The minimum atomic E-state index is -5.15. The smallest absolute Gasteiger partial charge is 0.423 e. The molecule has 4 amide bonds. The number of thiazole rings is 1. The summed E-state index contributed by atoms with van der Waals surface area (Å²) in [5, 5.41) is 9.01. The zero-order valence-corrected chi connectivity index (χ0v) is 33.3. The van der Waals surface area contributed by atoms with Crippen LogP contribution in [0.2, 0.25) is 0 Å². The van der Waals surface area contributed by atoms with Gasteiger partial charge >= 0.3 is 12.1 Å². The van der Waals surface area contributed by atoms with Gasteiger partial charge in [0.05, 0.1) is 30.1 Å². The lowest BCUT2D eigenvalue weighted by Gasteiger charge is -2.26. The van der Waals surface area contributed by atoms with Crippen molar-refractivity contribution in [3.8, 4) is 0 Å². The van der Waals surface area contributed by atoms with E-state index in [9.17, 15) is 27.4 Å². The van der Waals surface area contributed by atoms with Gasteiger partial charge in [-0.15, -0.1) is 16.4 Å². The number of aromatic nitrogens is 3. The molecular formula is C39H39N6O8PS2. The Morgan fingerprint density at radius 1 is 0.982 bits per heavy atom. The van der Waals surface area contributed by atoms with Crippen molar-refractivity contribution < 1.29 is 36.4 Å². The molecule has 7 rings (SSSR count). The molecule has 0 N–H and O–H groups in total. The molecule has 3 aromatic carbocycles. The van der Waals surface area contributed by atoms with Crippen molar-refractivity contribution in [1.82, 2.24) is 24.7 Å². The second-order valence-corrected chi connectivity index (χ2v) is 19.0. The Labute approximate surface area is 329 Å². The predicted octanol–water partition coefficient (Wildman–Crippen LogP) is 5.44. The maximum atomic E-state index is 13.0. The first-order chi connectivity index (χ1) is 26.7. The molecule has 290 valence electrons. The van der Waals surface area contributed by atoms with Crippen LogP contribution in [0, 0.1) is 0 Å². The Morgan fingerprint density at radius 3 is 2.04 bits per heavy atom. The Morgan fingerprint density at radius 2 is 1.55 bits per heavy atom. The van der Waals surface area contributed by atoms with Gasteiger partial charge in [0.2, 0.25) is 10.4 Å². The molecule has 0 spiro atoms. The lowest BCUT2D eigenvalue weighted by molar-refractivity contribution is -0.0195. The summed E-state index contributed by atoms with van der Waals surface area (Å²) in [5.74, 6) is -0.720. The molecule has 1 atom stereocenters. The zero-order valence-electron chi connectivity index (χ0n) is 30.7. The van der Waals surface area contributed by atoms with Crippen molar-refractivity contribution in [2.24, 2.45) is 0 Å². The van der Waals surface area contributed by atoms with Crippen LogP contribution in [0.15, 0.2) is 134 Å². The summed E-state index contributed by atoms with van der Waals surface area (Å²) in [6.45, 7) is 9.15. The molecule has 2 aromatic heterocycles. The number of anilines is 1. The van der Waals surface area contributed by atoms with Crippen LogP contribution in [-0.2, 0) is 19.4 Å². The number of carbonyl (C=O) groups excluding carboxylic acids is 3. The monoisotopic (exact) mass is 814 g/mol. The summed E-state index contributed by atoms with van der Waals surface area (Å²) < 4.78 is 43.9. The maximum absolute atomic E-state index is 13.0. The molecule has 2 aliphatic rings. The number of hydrogen-bond donors (Lipinski definition) is 0. The number of imide groups is 1. The Hall–Kier alpha value is -5.51. The fraction of sp³-hybridized carbons (Fsp3) is 0.205. The third kappa shape index (κ3) is 8.96. The van der Waals surface area contributed by atoms with E-state index in [0.29, 0.717) is 10.8 Å². The van der Waals surface area contributed by atoms with Crippen molar-refractivity contribution in [3.63, 3.8) is 0 Å². The van der Waals surface area contributed by atoms with Crippen LogP contribution in [0.4, 0.5) is 15.4 Å². The van der Waals surface area contributed by atoms with Crippen molar-refractivity contribution in [2.75, 3.05) is 24.2 Å². The molecule has 1 unspecified atom stereocenters. The van der Waals surface area contributed by atoms with E-state index in [4.69, 9.17) is 4.74 Å². The summed E-state index contributed by atoms with van der Waals surface area (Å²) in [5.41, 5.74) is 0.999. The van der Waals surface area contributed by atoms with E-state index >= 15 is 0 Å². The van der Waals surface area contributed by atoms with Gasteiger partial charge < -0.3 is 14.2 Å². The second-order valence-electron chi connectivity index (χ2n) is 13.6. The first-order valence-electron chi connectivity index (χ1n) is 17.3. The number of nitrogens with zero attached hydrogens (tertiary/aromatic N) is 6. The number of fused-ring (bicyclic) bond motifs is 2. The quantitative estimate of drug-likeness (QED) is 0.0767. The van der Waals surface area contributed by atoms with E-state index in [1.54, 1.807) is 20.8 Å². The topological polar surface area (TPSA) is 167 Å². The first kappa shape index (κ1) is 40.2. The van der Waals surface area contributed by atoms with Gasteiger partial charge in [-0.25, -0.2) is 22.7 Å². The van der Waals surface area contributed by atoms with Crippen LogP contribution in [0.5, 0.6) is 0 Å². The molecule has 5 aromatic rings. The van der Waals surface area contributed by atoms with Gasteiger partial charge in [0, 0.05) is 18.8 Å². The van der Waals surface area contributed by atoms with Crippen molar-refractivity contribution in [3.05, 3.63) is 139 Å². The molecule has 2 bridgehead atoms. The maximum Gasteiger partial charge on any atom is 0.423 e. The second kappa shape index (κ2) is 16.7. The Bertz CT molecular complexity index is 2220. The number of allylic oxidation sites excluding steroid dienone is 1. The third-order valence-corrected chi connectivity index (χ3v) is 14.0. The molecule has 0 radical (unpaired) electrons. The standard InChI is InChI=1S/C21H20P.C18H20N6O8S2/c1-2-18-22(19-12-6-3-7-13-19,20-14-8-4-9-15-20)21-16-10-5-11-17-21;1-18(2,3)31-17(27)23(15(25)13-7-19-10-33-13)14-4-5-22(20-14)11-6-12-9-21(8-11)16(26)24(12)32-34(28,29)30/h2-17H,1,18H2;4-7,10,12H,8-9H2,1-3H3,(H,28,29,30)/q+1;/p-1. The molecule has 56 heavy (non-hydrogen) atoms. The minimum Gasteiger partial charge on any atom is -0.724 e. The van der Waals surface area contributed by atoms with Gasteiger partial charge in [-0.05, 0) is 63.2 Å². The molecule has 17 heteroatoms. The summed E-state index contributed by atoms with van der Waals surface area (Å²) in [6.07, 6.45) is 6.40. The highest BCUT2D eigenvalue weighted by atomic mass is 32.3. The molecule has 4 heterocycles. The fourth-order valence-corrected chi connectivity index (χ4v) is 11.2. The summed E-state index contributed by atoms with van der Waals surface area (Å²) >= 11 is 1.04. The highest BCUT2D eigenvalue weighted by Gasteiger charge is 2.44. The number of carbonyl (C=O) groups is 3. The fourth-order valence-electron chi connectivity index (χ4n) is 6.33. The van der Waals surface area contributed by atoms with Crippen molar-refractivity contribution in [2.45, 2.75) is 32.4 Å². The van der Waals surface area contributed by atoms with Crippen LogP contribution < -0.4 is 20.8 Å². The number of urea groups is 1. The molecular weight excluding hydrogens is 776 g/mol.